The summed E-state index contributed by atoms with van der Waals surface area (Å²) in [7, 11) is 0. The second-order valence-corrected chi connectivity index (χ2v) is 6.24. The third-order valence-corrected chi connectivity index (χ3v) is 3.97. The summed E-state index contributed by atoms with van der Waals surface area (Å²) in [5.74, 6) is 0.437. The number of hydrogen-bond donors (Lipinski definition) is 1. The summed E-state index contributed by atoms with van der Waals surface area (Å²) < 4.78 is 5.70. The van der Waals surface area contributed by atoms with E-state index in [0.29, 0.717) is 17.0 Å². The van der Waals surface area contributed by atoms with Crippen LogP contribution in [0.5, 0.6) is 5.75 Å². The van der Waals surface area contributed by atoms with Gasteiger partial charge in [-0.2, -0.15) is 0 Å². The van der Waals surface area contributed by atoms with Crippen LogP contribution in [0.15, 0.2) is 42.7 Å². The quantitative estimate of drug-likeness (QED) is 0.910. The van der Waals surface area contributed by atoms with Crippen LogP contribution in [0.1, 0.15) is 37.0 Å². The fourth-order valence-corrected chi connectivity index (χ4v) is 2.84. The van der Waals surface area contributed by atoms with E-state index in [4.69, 9.17) is 4.74 Å². The number of carbonyl (C=O) groups excluding carboxylic acids is 1. The van der Waals surface area contributed by atoms with Crippen LogP contribution < -0.4 is 15.0 Å². The van der Waals surface area contributed by atoms with E-state index < -0.39 is 0 Å². The number of aromatic nitrogens is 1. The first-order valence-electron chi connectivity index (χ1n) is 8.40. The molecule has 5 heteroatoms. The summed E-state index contributed by atoms with van der Waals surface area (Å²) in [6.45, 7) is 6.00. The minimum absolute atomic E-state index is 0.0170. The van der Waals surface area contributed by atoms with Gasteiger partial charge in [0.2, 0.25) is 0 Å². The van der Waals surface area contributed by atoms with Crippen LogP contribution in [0.2, 0.25) is 0 Å². The number of pyridine rings is 1. The average molecular weight is 325 g/mol. The molecular formula is C19H23N3O2. The SMILES string of the molecule is CC(C)Oc1cnccc1NC(=O)c1cccc(N2CCCC2)c1. The van der Waals surface area contributed by atoms with E-state index in [-0.39, 0.29) is 12.0 Å². The number of benzene rings is 1. The third-order valence-electron chi connectivity index (χ3n) is 3.97. The van der Waals surface area contributed by atoms with E-state index >= 15 is 0 Å². The maximum Gasteiger partial charge on any atom is 0.255 e. The lowest BCUT2D eigenvalue weighted by Crippen LogP contribution is -2.19. The van der Waals surface area contributed by atoms with Crippen LogP contribution in [0, 0.1) is 0 Å². The van der Waals surface area contributed by atoms with Crippen LogP contribution >= 0.6 is 0 Å². The van der Waals surface area contributed by atoms with Gasteiger partial charge in [0.05, 0.1) is 18.0 Å². The minimum atomic E-state index is -0.143. The molecule has 1 aliphatic heterocycles. The molecule has 1 amide bonds. The monoisotopic (exact) mass is 325 g/mol. The number of nitrogens with one attached hydrogen (secondary N) is 1. The van der Waals surface area contributed by atoms with E-state index in [1.165, 1.54) is 12.8 Å². The Morgan fingerprint density at radius 2 is 2.04 bits per heavy atom. The van der Waals surface area contributed by atoms with Crippen molar-refractivity contribution in [1.82, 2.24) is 4.98 Å². The van der Waals surface area contributed by atoms with Crippen molar-refractivity contribution in [2.24, 2.45) is 0 Å². The first-order valence-corrected chi connectivity index (χ1v) is 8.40. The summed E-state index contributed by atoms with van der Waals surface area (Å²) in [6, 6.07) is 9.52. The fourth-order valence-electron chi connectivity index (χ4n) is 2.84. The third kappa shape index (κ3) is 3.85. The van der Waals surface area contributed by atoms with E-state index in [1.54, 1.807) is 18.5 Å². The molecule has 1 aromatic carbocycles. The number of carbonyl (C=O) groups is 1. The van der Waals surface area contributed by atoms with Crippen LogP contribution in [0.3, 0.4) is 0 Å². The van der Waals surface area contributed by atoms with Gasteiger partial charge in [-0.05, 0) is 51.0 Å². The van der Waals surface area contributed by atoms with E-state index in [0.717, 1.165) is 18.8 Å². The maximum atomic E-state index is 12.6. The first-order chi connectivity index (χ1) is 11.6. The highest BCUT2D eigenvalue weighted by Crippen LogP contribution is 2.25. The Hall–Kier alpha value is -2.56. The van der Waals surface area contributed by atoms with Crippen molar-refractivity contribution in [2.45, 2.75) is 32.8 Å². The number of nitrogens with zero attached hydrogens (tertiary/aromatic N) is 2. The summed E-state index contributed by atoms with van der Waals surface area (Å²) in [6.07, 6.45) is 5.70. The minimum Gasteiger partial charge on any atom is -0.487 e. The maximum absolute atomic E-state index is 12.6. The molecule has 24 heavy (non-hydrogen) atoms. The van der Waals surface area contributed by atoms with Crippen LogP contribution in [-0.4, -0.2) is 30.1 Å². The molecule has 1 aromatic heterocycles. The lowest BCUT2D eigenvalue weighted by Gasteiger charge is -2.18. The summed E-state index contributed by atoms with van der Waals surface area (Å²) in [5, 5.41) is 2.93. The Morgan fingerprint density at radius 1 is 1.25 bits per heavy atom. The van der Waals surface area contributed by atoms with Gasteiger partial charge in [0.25, 0.3) is 5.91 Å². The Labute approximate surface area is 142 Å². The van der Waals surface area contributed by atoms with E-state index in [9.17, 15) is 4.79 Å². The molecule has 1 N–H and O–H groups in total. The number of hydrogen-bond acceptors (Lipinski definition) is 4. The average Bonchev–Trinajstić information content (AvgIpc) is 3.11. The van der Waals surface area contributed by atoms with Gasteiger partial charge in [-0.3, -0.25) is 9.78 Å². The van der Waals surface area contributed by atoms with Gasteiger partial charge in [0.15, 0.2) is 5.75 Å². The van der Waals surface area contributed by atoms with Crippen molar-refractivity contribution in [1.29, 1.82) is 0 Å². The molecule has 1 saturated heterocycles. The lowest BCUT2D eigenvalue weighted by molar-refractivity contribution is 0.102. The number of ether oxygens (including phenoxy) is 1. The number of anilines is 2. The molecule has 126 valence electrons. The van der Waals surface area contributed by atoms with Gasteiger partial charge in [-0.25, -0.2) is 0 Å². The van der Waals surface area contributed by atoms with Gasteiger partial charge in [-0.15, -0.1) is 0 Å². The van der Waals surface area contributed by atoms with Crippen LogP contribution in [0.4, 0.5) is 11.4 Å². The Kier molecular flexibility index (Phi) is 4.99. The van der Waals surface area contributed by atoms with E-state index in [2.05, 4.69) is 21.3 Å². The topological polar surface area (TPSA) is 54.5 Å². The number of rotatable bonds is 5. The molecule has 0 saturated carbocycles. The largest absolute Gasteiger partial charge is 0.487 e. The van der Waals surface area contributed by atoms with Crippen molar-refractivity contribution in [3.05, 3.63) is 48.3 Å². The van der Waals surface area contributed by atoms with Gasteiger partial charge in [0.1, 0.15) is 0 Å². The molecule has 5 nitrogen and oxygen atoms in total. The molecule has 3 rings (SSSR count). The van der Waals surface area contributed by atoms with Crippen LogP contribution in [0.25, 0.3) is 0 Å². The van der Waals surface area contributed by atoms with Crippen molar-refractivity contribution in [2.75, 3.05) is 23.3 Å². The highest BCUT2D eigenvalue weighted by atomic mass is 16.5. The van der Waals surface area contributed by atoms with Gasteiger partial charge < -0.3 is 15.0 Å². The van der Waals surface area contributed by atoms with E-state index in [1.807, 2.05) is 32.0 Å². The molecule has 1 fully saturated rings. The normalized spacial score (nSPS) is 14.0. The Balaban J connectivity index is 1.77. The zero-order valence-electron chi connectivity index (χ0n) is 14.2. The molecule has 2 heterocycles. The van der Waals surface area contributed by atoms with Crippen molar-refractivity contribution in [3.8, 4) is 5.75 Å². The zero-order valence-corrected chi connectivity index (χ0v) is 14.2. The molecule has 1 aliphatic rings. The molecule has 0 spiro atoms. The van der Waals surface area contributed by atoms with Crippen molar-refractivity contribution in [3.63, 3.8) is 0 Å². The first kappa shape index (κ1) is 16.3. The molecule has 0 bridgehead atoms. The predicted molar refractivity (Wildman–Crippen MR) is 95.8 cm³/mol. The highest BCUT2D eigenvalue weighted by Gasteiger charge is 2.15. The molecular weight excluding hydrogens is 302 g/mol. The second-order valence-electron chi connectivity index (χ2n) is 6.24. The fraction of sp³-hybridized carbons (Fsp3) is 0.368. The standard InChI is InChI=1S/C19H23N3O2/c1-14(2)24-18-13-20-9-8-17(18)21-19(23)15-6-5-7-16(12-15)22-10-3-4-11-22/h5-9,12-14H,3-4,10-11H2,1-2H3,(H,20,21,23). The van der Waals surface area contributed by atoms with Gasteiger partial charge in [-0.1, -0.05) is 6.07 Å². The summed E-state index contributed by atoms with van der Waals surface area (Å²) in [4.78, 5) is 19.0. The molecule has 0 atom stereocenters. The van der Waals surface area contributed by atoms with Crippen molar-refractivity contribution < 1.29 is 9.53 Å². The molecule has 2 aromatic rings. The molecule has 0 unspecified atom stereocenters. The highest BCUT2D eigenvalue weighted by molar-refractivity contribution is 6.05. The van der Waals surface area contributed by atoms with Gasteiger partial charge in [0, 0.05) is 30.5 Å². The summed E-state index contributed by atoms with van der Waals surface area (Å²) in [5.41, 5.74) is 2.38. The Bertz CT molecular complexity index is 709. The Morgan fingerprint density at radius 3 is 2.79 bits per heavy atom. The van der Waals surface area contributed by atoms with Crippen LogP contribution in [-0.2, 0) is 0 Å². The zero-order chi connectivity index (χ0) is 16.9. The molecule has 0 aliphatic carbocycles. The lowest BCUT2D eigenvalue weighted by atomic mass is 10.1. The smallest absolute Gasteiger partial charge is 0.255 e. The predicted octanol–water partition coefficient (Wildman–Crippen LogP) is 3.72. The molecule has 0 radical (unpaired) electrons. The summed E-state index contributed by atoms with van der Waals surface area (Å²) >= 11 is 0. The number of amides is 1. The van der Waals surface area contributed by atoms with Crippen molar-refractivity contribution >= 4 is 17.3 Å². The van der Waals surface area contributed by atoms with Gasteiger partial charge >= 0.3 is 0 Å². The second kappa shape index (κ2) is 7.34.